The van der Waals surface area contributed by atoms with Gasteiger partial charge in [-0.2, -0.15) is 0 Å². The Hall–Kier alpha value is -0.330. The first-order valence-electron chi connectivity index (χ1n) is 11.0. The number of carbonyl (C=O) groups is 1. The number of fused-ring (bicyclic) bond motifs is 7. The topological polar surface area (TPSA) is 17.1 Å². The lowest BCUT2D eigenvalue weighted by molar-refractivity contribution is -0.135. The van der Waals surface area contributed by atoms with Crippen molar-refractivity contribution in [2.45, 2.75) is 85.0 Å². The Morgan fingerprint density at radius 1 is 0.875 bits per heavy atom. The van der Waals surface area contributed by atoms with Gasteiger partial charge in [-0.25, -0.2) is 0 Å². The zero-order valence-electron chi connectivity index (χ0n) is 16.0. The Kier molecular flexibility index (Phi) is 3.38. The molecule has 0 heterocycles. The molecule has 0 spiro atoms. The van der Waals surface area contributed by atoms with E-state index in [1.807, 2.05) is 0 Å². The first-order chi connectivity index (χ1) is 11.4. The summed E-state index contributed by atoms with van der Waals surface area (Å²) in [7, 11) is 0. The van der Waals surface area contributed by atoms with E-state index in [2.05, 4.69) is 20.8 Å². The predicted octanol–water partition coefficient (Wildman–Crippen LogP) is 5.87. The van der Waals surface area contributed by atoms with Crippen LogP contribution in [0.25, 0.3) is 0 Å². The molecule has 8 unspecified atom stereocenters. The standard InChI is InChI=1S/C23H36O/c1-14-8-10-22(2)16(12-14)5-6-17-18(22)9-11-23(3)19(17)13-15-4-7-20(24)21(15)23/h14-19,21H,4-13H2,1-3H3/t14?,15-,16?,17?,18?,19?,21?,22?,23?/m1/s1. The van der Waals surface area contributed by atoms with Crippen LogP contribution in [0.5, 0.6) is 0 Å². The van der Waals surface area contributed by atoms with Crippen molar-refractivity contribution < 1.29 is 4.79 Å². The second-order valence-electron chi connectivity index (χ2n) is 11.1. The van der Waals surface area contributed by atoms with Gasteiger partial charge in [-0.1, -0.05) is 27.2 Å². The smallest absolute Gasteiger partial charge is 0.136 e. The molecule has 0 amide bonds. The Morgan fingerprint density at radius 2 is 1.67 bits per heavy atom. The molecule has 0 aromatic rings. The van der Waals surface area contributed by atoms with Crippen molar-refractivity contribution in [3.05, 3.63) is 0 Å². The van der Waals surface area contributed by atoms with Crippen molar-refractivity contribution >= 4 is 5.78 Å². The van der Waals surface area contributed by atoms with E-state index in [1.165, 1.54) is 57.8 Å². The minimum atomic E-state index is 0.366. The molecule has 0 bridgehead atoms. The third kappa shape index (κ3) is 1.91. The van der Waals surface area contributed by atoms with Gasteiger partial charge in [-0.05, 0) is 97.7 Å². The zero-order chi connectivity index (χ0) is 16.7. The molecule has 9 atom stereocenters. The van der Waals surface area contributed by atoms with Crippen LogP contribution in [-0.2, 0) is 4.79 Å². The van der Waals surface area contributed by atoms with E-state index in [-0.39, 0.29) is 0 Å². The van der Waals surface area contributed by atoms with Gasteiger partial charge in [0.05, 0.1) is 0 Å². The van der Waals surface area contributed by atoms with E-state index < -0.39 is 0 Å². The molecule has 5 rings (SSSR count). The summed E-state index contributed by atoms with van der Waals surface area (Å²) in [6, 6.07) is 0. The van der Waals surface area contributed by atoms with Gasteiger partial charge in [-0.3, -0.25) is 4.79 Å². The fraction of sp³-hybridized carbons (Fsp3) is 0.957. The number of rotatable bonds is 0. The highest BCUT2D eigenvalue weighted by Crippen LogP contribution is 2.70. The monoisotopic (exact) mass is 328 g/mol. The molecule has 24 heavy (non-hydrogen) atoms. The Labute approximate surface area is 148 Å². The van der Waals surface area contributed by atoms with Gasteiger partial charge in [0.1, 0.15) is 5.78 Å². The molecule has 0 aliphatic heterocycles. The Morgan fingerprint density at radius 3 is 2.50 bits per heavy atom. The first-order valence-corrected chi connectivity index (χ1v) is 11.0. The fourth-order valence-electron chi connectivity index (χ4n) is 9.05. The van der Waals surface area contributed by atoms with Crippen molar-refractivity contribution in [3.63, 3.8) is 0 Å². The van der Waals surface area contributed by atoms with Crippen LogP contribution in [0.4, 0.5) is 0 Å². The molecular weight excluding hydrogens is 292 g/mol. The number of hydrogen-bond acceptors (Lipinski definition) is 1. The van der Waals surface area contributed by atoms with Crippen molar-refractivity contribution in [2.24, 2.45) is 52.3 Å². The van der Waals surface area contributed by atoms with Gasteiger partial charge in [0, 0.05) is 12.3 Å². The van der Waals surface area contributed by atoms with Gasteiger partial charge in [0.15, 0.2) is 0 Å². The van der Waals surface area contributed by atoms with Crippen LogP contribution < -0.4 is 0 Å². The minimum Gasteiger partial charge on any atom is -0.299 e. The van der Waals surface area contributed by atoms with Crippen LogP contribution in [-0.4, -0.2) is 5.78 Å². The SMILES string of the molecule is CC1CCC2(C)C(CCC3C2CCC2(C)C3C[C@H]3CCC(=O)C32)C1. The third-order valence-corrected chi connectivity index (χ3v) is 10.2. The van der Waals surface area contributed by atoms with Gasteiger partial charge in [0.25, 0.3) is 0 Å². The molecule has 0 radical (unpaired) electrons. The lowest BCUT2D eigenvalue weighted by Crippen LogP contribution is -2.53. The van der Waals surface area contributed by atoms with Crippen molar-refractivity contribution in [3.8, 4) is 0 Å². The number of carbonyl (C=O) groups excluding carboxylic acids is 1. The lowest BCUT2D eigenvalue weighted by Gasteiger charge is -2.61. The summed E-state index contributed by atoms with van der Waals surface area (Å²) in [5.41, 5.74) is 0.989. The fourth-order valence-corrected chi connectivity index (χ4v) is 9.05. The van der Waals surface area contributed by atoms with Crippen molar-refractivity contribution in [2.75, 3.05) is 0 Å². The molecule has 5 aliphatic carbocycles. The van der Waals surface area contributed by atoms with E-state index in [0.29, 0.717) is 22.5 Å². The summed E-state index contributed by atoms with van der Waals surface area (Å²) >= 11 is 0. The molecule has 0 saturated heterocycles. The summed E-state index contributed by atoms with van der Waals surface area (Å²) in [5.74, 6) is 6.56. The molecule has 0 aromatic carbocycles. The van der Waals surface area contributed by atoms with E-state index in [9.17, 15) is 4.79 Å². The largest absolute Gasteiger partial charge is 0.299 e. The summed E-state index contributed by atoms with van der Waals surface area (Å²) in [4.78, 5) is 12.6. The van der Waals surface area contributed by atoms with E-state index >= 15 is 0 Å². The average Bonchev–Trinajstić information content (AvgIpc) is 3.06. The summed E-state index contributed by atoms with van der Waals surface area (Å²) in [5, 5.41) is 0. The number of ketones is 1. The molecule has 0 aromatic heterocycles. The predicted molar refractivity (Wildman–Crippen MR) is 97.5 cm³/mol. The van der Waals surface area contributed by atoms with Crippen LogP contribution in [0.3, 0.4) is 0 Å². The number of Topliss-reactive ketones (excluding diaryl/α,β-unsaturated/α-hetero) is 1. The van der Waals surface area contributed by atoms with Crippen molar-refractivity contribution in [1.82, 2.24) is 0 Å². The molecule has 1 nitrogen and oxygen atoms in total. The van der Waals surface area contributed by atoms with E-state index in [0.717, 1.165) is 41.9 Å². The van der Waals surface area contributed by atoms with Gasteiger partial charge in [-0.15, -0.1) is 0 Å². The van der Waals surface area contributed by atoms with Crippen LogP contribution in [0.2, 0.25) is 0 Å². The van der Waals surface area contributed by atoms with Crippen LogP contribution in [0.15, 0.2) is 0 Å². The summed E-state index contributed by atoms with van der Waals surface area (Å²) in [6.45, 7) is 7.68. The maximum absolute atomic E-state index is 12.6. The number of hydrogen-bond donors (Lipinski definition) is 0. The van der Waals surface area contributed by atoms with Crippen LogP contribution in [0.1, 0.15) is 85.0 Å². The second-order valence-corrected chi connectivity index (χ2v) is 11.1. The van der Waals surface area contributed by atoms with E-state index in [1.54, 1.807) is 0 Å². The summed E-state index contributed by atoms with van der Waals surface area (Å²) < 4.78 is 0. The Bertz CT molecular complexity index is 552. The van der Waals surface area contributed by atoms with Crippen LogP contribution in [0, 0.1) is 52.3 Å². The van der Waals surface area contributed by atoms with Crippen molar-refractivity contribution in [1.29, 1.82) is 0 Å². The molecule has 5 saturated carbocycles. The molecule has 1 heteroatoms. The molecule has 0 N–H and O–H groups in total. The average molecular weight is 329 g/mol. The molecule has 134 valence electrons. The van der Waals surface area contributed by atoms with Gasteiger partial charge < -0.3 is 0 Å². The maximum atomic E-state index is 12.6. The Balaban J connectivity index is 1.46. The van der Waals surface area contributed by atoms with Crippen LogP contribution >= 0.6 is 0 Å². The maximum Gasteiger partial charge on any atom is 0.136 e. The summed E-state index contributed by atoms with van der Waals surface area (Å²) in [6.07, 6.45) is 13.7. The second kappa shape index (κ2) is 5.10. The molecule has 5 aliphatic rings. The normalized spacial score (nSPS) is 59.5. The highest BCUT2D eigenvalue weighted by Gasteiger charge is 2.64. The van der Waals surface area contributed by atoms with Gasteiger partial charge >= 0.3 is 0 Å². The highest BCUT2D eigenvalue weighted by molar-refractivity contribution is 5.84. The highest BCUT2D eigenvalue weighted by atomic mass is 16.1. The zero-order valence-corrected chi connectivity index (χ0v) is 16.0. The quantitative estimate of drug-likeness (QED) is 0.543. The van der Waals surface area contributed by atoms with Gasteiger partial charge in [0.2, 0.25) is 0 Å². The lowest BCUT2D eigenvalue weighted by atomic mass is 9.44. The molecule has 5 fully saturated rings. The minimum absolute atomic E-state index is 0.366. The van der Waals surface area contributed by atoms with E-state index in [4.69, 9.17) is 0 Å². The molecular formula is C23H36O. The third-order valence-electron chi connectivity index (χ3n) is 10.2. The first kappa shape index (κ1) is 15.9.